The molecule has 0 N–H and O–H groups in total. The van der Waals surface area contributed by atoms with Crippen molar-refractivity contribution in [3.8, 4) is 0 Å². The van der Waals surface area contributed by atoms with Crippen molar-refractivity contribution in [1.29, 1.82) is 0 Å². The SMILES string of the molecule is C1=CC2=CC=NC3C=CC=CC3C2C=C1. The van der Waals surface area contributed by atoms with Crippen LogP contribution in [0.1, 0.15) is 0 Å². The minimum atomic E-state index is 0.310. The average molecular weight is 195 g/mol. The van der Waals surface area contributed by atoms with Gasteiger partial charge in [-0.3, -0.25) is 4.99 Å². The van der Waals surface area contributed by atoms with E-state index in [1.807, 2.05) is 6.21 Å². The first-order chi connectivity index (χ1) is 7.45. The fourth-order valence-electron chi connectivity index (χ4n) is 2.41. The highest BCUT2D eigenvalue weighted by Gasteiger charge is 2.28. The number of fused-ring (bicyclic) bond motifs is 3. The summed E-state index contributed by atoms with van der Waals surface area (Å²) in [5.74, 6) is 0.977. The maximum atomic E-state index is 4.56. The van der Waals surface area contributed by atoms with Crippen LogP contribution in [-0.4, -0.2) is 12.3 Å². The van der Waals surface area contributed by atoms with Crippen LogP contribution in [0.5, 0.6) is 0 Å². The lowest BCUT2D eigenvalue weighted by atomic mass is 9.78. The summed E-state index contributed by atoms with van der Waals surface area (Å²) in [6.07, 6.45) is 21.4. The van der Waals surface area contributed by atoms with Crippen molar-refractivity contribution in [1.82, 2.24) is 0 Å². The fourth-order valence-corrected chi connectivity index (χ4v) is 2.41. The van der Waals surface area contributed by atoms with Gasteiger partial charge in [0.05, 0.1) is 6.04 Å². The van der Waals surface area contributed by atoms with Gasteiger partial charge in [-0.1, -0.05) is 48.6 Å². The highest BCUT2D eigenvalue weighted by molar-refractivity contribution is 5.75. The van der Waals surface area contributed by atoms with Gasteiger partial charge in [0.1, 0.15) is 0 Å². The van der Waals surface area contributed by atoms with E-state index in [2.05, 4.69) is 59.7 Å². The molecule has 0 aromatic heterocycles. The molecule has 3 unspecified atom stereocenters. The van der Waals surface area contributed by atoms with Gasteiger partial charge < -0.3 is 0 Å². The Balaban J connectivity index is 2.03. The van der Waals surface area contributed by atoms with E-state index in [1.165, 1.54) is 5.57 Å². The first kappa shape index (κ1) is 8.66. The smallest absolute Gasteiger partial charge is 0.0754 e. The van der Waals surface area contributed by atoms with Crippen molar-refractivity contribution in [2.45, 2.75) is 6.04 Å². The van der Waals surface area contributed by atoms with E-state index in [9.17, 15) is 0 Å². The van der Waals surface area contributed by atoms with Crippen LogP contribution in [0.2, 0.25) is 0 Å². The van der Waals surface area contributed by atoms with Crippen molar-refractivity contribution in [3.05, 3.63) is 60.3 Å². The lowest BCUT2D eigenvalue weighted by molar-refractivity contribution is 0.490. The summed E-state index contributed by atoms with van der Waals surface area (Å²) in [5.41, 5.74) is 1.37. The number of nitrogens with zero attached hydrogens (tertiary/aromatic N) is 1. The Morgan fingerprint density at radius 3 is 2.80 bits per heavy atom. The van der Waals surface area contributed by atoms with Crippen LogP contribution in [-0.2, 0) is 0 Å². The summed E-state index contributed by atoms with van der Waals surface area (Å²) < 4.78 is 0. The molecule has 0 amide bonds. The Bertz CT molecular complexity index is 432. The second kappa shape index (κ2) is 3.50. The first-order valence-corrected chi connectivity index (χ1v) is 5.38. The summed E-state index contributed by atoms with van der Waals surface area (Å²) >= 11 is 0. The van der Waals surface area contributed by atoms with E-state index in [-0.39, 0.29) is 0 Å². The Kier molecular flexibility index (Phi) is 2.02. The molecule has 0 fully saturated rings. The van der Waals surface area contributed by atoms with Crippen molar-refractivity contribution in [2.75, 3.05) is 0 Å². The van der Waals surface area contributed by atoms with E-state index < -0.39 is 0 Å². The second-order valence-corrected chi connectivity index (χ2v) is 4.07. The summed E-state index contributed by atoms with van der Waals surface area (Å²) in [6.45, 7) is 0. The lowest BCUT2D eigenvalue weighted by Crippen LogP contribution is -2.24. The molecule has 1 aliphatic heterocycles. The molecule has 0 radical (unpaired) electrons. The molecule has 0 aromatic carbocycles. The summed E-state index contributed by atoms with van der Waals surface area (Å²) in [7, 11) is 0. The molecule has 15 heavy (non-hydrogen) atoms. The molecular weight excluding hydrogens is 182 g/mol. The summed E-state index contributed by atoms with van der Waals surface area (Å²) in [6, 6.07) is 0.310. The molecule has 0 aromatic rings. The van der Waals surface area contributed by atoms with Crippen LogP contribution >= 0.6 is 0 Å². The lowest BCUT2D eigenvalue weighted by Gasteiger charge is -2.27. The highest BCUT2D eigenvalue weighted by Crippen LogP contribution is 2.34. The fraction of sp³-hybridized carbons (Fsp3) is 0.214. The molecule has 1 nitrogen and oxygen atoms in total. The minimum absolute atomic E-state index is 0.310. The number of hydrogen-bond acceptors (Lipinski definition) is 1. The Morgan fingerprint density at radius 1 is 0.933 bits per heavy atom. The molecule has 0 saturated carbocycles. The van der Waals surface area contributed by atoms with E-state index in [0.717, 1.165) is 0 Å². The van der Waals surface area contributed by atoms with Crippen molar-refractivity contribution in [2.24, 2.45) is 16.8 Å². The molecule has 0 saturated heterocycles. The summed E-state index contributed by atoms with van der Waals surface area (Å²) in [5, 5.41) is 0. The van der Waals surface area contributed by atoms with Crippen LogP contribution in [0.25, 0.3) is 0 Å². The summed E-state index contributed by atoms with van der Waals surface area (Å²) in [4.78, 5) is 4.56. The van der Waals surface area contributed by atoms with E-state index in [1.54, 1.807) is 0 Å². The zero-order valence-corrected chi connectivity index (χ0v) is 8.45. The number of rotatable bonds is 0. The molecule has 74 valence electrons. The second-order valence-electron chi connectivity index (χ2n) is 4.07. The van der Waals surface area contributed by atoms with E-state index in [0.29, 0.717) is 17.9 Å². The van der Waals surface area contributed by atoms with Gasteiger partial charge in [0, 0.05) is 18.1 Å². The zero-order chi connectivity index (χ0) is 10.1. The normalized spacial score (nSPS) is 35.7. The van der Waals surface area contributed by atoms with E-state index in [4.69, 9.17) is 0 Å². The maximum Gasteiger partial charge on any atom is 0.0754 e. The maximum absolute atomic E-state index is 4.56. The first-order valence-electron chi connectivity index (χ1n) is 5.38. The van der Waals surface area contributed by atoms with Gasteiger partial charge in [-0.05, 0) is 11.6 Å². The number of aliphatic imine (C=N–C) groups is 1. The van der Waals surface area contributed by atoms with E-state index >= 15 is 0 Å². The topological polar surface area (TPSA) is 12.4 Å². The van der Waals surface area contributed by atoms with Crippen LogP contribution < -0.4 is 0 Å². The Hall–Kier alpha value is -1.63. The zero-order valence-electron chi connectivity index (χ0n) is 8.45. The van der Waals surface area contributed by atoms with Crippen molar-refractivity contribution in [3.63, 3.8) is 0 Å². The molecule has 3 atom stereocenters. The molecular formula is C14H13N. The standard InChI is InChI=1S/C14H13N/c1-2-6-12-11(5-1)9-10-15-14-8-4-3-7-13(12)14/h1-10,12-14H. The van der Waals surface area contributed by atoms with Gasteiger partial charge in [-0.15, -0.1) is 0 Å². The van der Waals surface area contributed by atoms with Gasteiger partial charge in [0.25, 0.3) is 0 Å². The van der Waals surface area contributed by atoms with Gasteiger partial charge in [0.2, 0.25) is 0 Å². The largest absolute Gasteiger partial charge is 0.285 e. The predicted octanol–water partition coefficient (Wildman–Crippen LogP) is 2.85. The van der Waals surface area contributed by atoms with Crippen molar-refractivity contribution < 1.29 is 0 Å². The van der Waals surface area contributed by atoms with Gasteiger partial charge in [0.15, 0.2) is 0 Å². The highest BCUT2D eigenvalue weighted by atomic mass is 14.8. The Morgan fingerprint density at radius 2 is 1.80 bits per heavy atom. The van der Waals surface area contributed by atoms with Crippen molar-refractivity contribution >= 4 is 6.21 Å². The van der Waals surface area contributed by atoms with Gasteiger partial charge in [-0.25, -0.2) is 0 Å². The number of hydrogen-bond donors (Lipinski definition) is 0. The minimum Gasteiger partial charge on any atom is -0.285 e. The molecule has 0 spiro atoms. The van der Waals surface area contributed by atoms with Gasteiger partial charge in [-0.2, -0.15) is 0 Å². The monoisotopic (exact) mass is 195 g/mol. The third-order valence-corrected chi connectivity index (χ3v) is 3.19. The average Bonchev–Trinajstić information content (AvgIpc) is 2.48. The Labute approximate surface area is 89.9 Å². The molecule has 0 bridgehead atoms. The third kappa shape index (κ3) is 1.44. The van der Waals surface area contributed by atoms with Crippen LogP contribution in [0.4, 0.5) is 0 Å². The molecule has 2 aliphatic carbocycles. The van der Waals surface area contributed by atoms with Crippen LogP contribution in [0.15, 0.2) is 65.2 Å². The molecule has 3 aliphatic rings. The molecule has 1 heterocycles. The van der Waals surface area contributed by atoms with Crippen LogP contribution in [0, 0.1) is 11.8 Å². The predicted molar refractivity (Wildman–Crippen MR) is 63.9 cm³/mol. The third-order valence-electron chi connectivity index (χ3n) is 3.19. The number of allylic oxidation sites excluding steroid dienone is 8. The van der Waals surface area contributed by atoms with Gasteiger partial charge >= 0.3 is 0 Å². The quantitative estimate of drug-likeness (QED) is 0.563. The van der Waals surface area contributed by atoms with Crippen LogP contribution in [0.3, 0.4) is 0 Å². The molecule has 1 heteroatoms. The molecule has 3 rings (SSSR count).